The molecule has 0 spiro atoms. The van der Waals surface area contributed by atoms with Crippen LogP contribution in [-0.4, -0.2) is 12.4 Å². The Balaban J connectivity index is 2.00. The molecule has 0 aliphatic heterocycles. The molecular formula is C13H12N2O2S. The van der Waals surface area contributed by atoms with Crippen LogP contribution in [0, 0.1) is 0 Å². The lowest BCUT2D eigenvalue weighted by Crippen LogP contribution is -2.38. The minimum absolute atomic E-state index is 0.424. The number of hydrogen-bond acceptors (Lipinski definition) is 3. The lowest BCUT2D eigenvalue weighted by atomic mass is 10.3. The fourth-order valence-electron chi connectivity index (χ4n) is 1.48. The Hall–Kier alpha value is -2.14. The summed E-state index contributed by atoms with van der Waals surface area (Å²) >= 11 is 1.56. The number of para-hydroxylation sites is 1. The first-order chi connectivity index (χ1) is 8.81. The Bertz CT molecular complexity index is 511. The Morgan fingerprint density at radius 1 is 1.22 bits per heavy atom. The molecule has 0 saturated heterocycles. The van der Waals surface area contributed by atoms with Crippen molar-refractivity contribution in [3.8, 4) is 0 Å². The molecule has 92 valence electrons. The van der Waals surface area contributed by atoms with Crippen molar-refractivity contribution in [2.24, 2.45) is 0 Å². The third-order valence-corrected chi connectivity index (χ3v) is 3.23. The van der Waals surface area contributed by atoms with E-state index in [4.69, 9.17) is 0 Å². The SMILES string of the molecule is O=CN(C(=O)NCc1cccs1)c1ccccc1. The maximum absolute atomic E-state index is 11.9. The number of amides is 3. The van der Waals surface area contributed by atoms with Gasteiger partial charge in [0.25, 0.3) is 0 Å². The molecule has 0 unspecified atom stereocenters. The van der Waals surface area contributed by atoms with Crippen molar-refractivity contribution in [1.29, 1.82) is 0 Å². The second-order valence-electron chi connectivity index (χ2n) is 3.55. The molecule has 1 aromatic heterocycles. The second kappa shape index (κ2) is 5.97. The van der Waals surface area contributed by atoms with E-state index in [-0.39, 0.29) is 0 Å². The Labute approximate surface area is 109 Å². The van der Waals surface area contributed by atoms with Crippen LogP contribution in [0.3, 0.4) is 0 Å². The van der Waals surface area contributed by atoms with Gasteiger partial charge < -0.3 is 5.32 Å². The van der Waals surface area contributed by atoms with E-state index in [2.05, 4.69) is 5.32 Å². The van der Waals surface area contributed by atoms with E-state index in [1.807, 2.05) is 23.6 Å². The Kier molecular flexibility index (Phi) is 4.09. The molecule has 0 bridgehead atoms. The van der Waals surface area contributed by atoms with Crippen molar-refractivity contribution in [3.63, 3.8) is 0 Å². The molecule has 1 aromatic carbocycles. The average molecular weight is 260 g/mol. The van der Waals surface area contributed by atoms with Crippen LogP contribution < -0.4 is 10.2 Å². The highest BCUT2D eigenvalue weighted by Gasteiger charge is 2.13. The van der Waals surface area contributed by atoms with Crippen molar-refractivity contribution < 1.29 is 9.59 Å². The van der Waals surface area contributed by atoms with Crippen LogP contribution in [0.25, 0.3) is 0 Å². The van der Waals surface area contributed by atoms with Crippen LogP contribution in [-0.2, 0) is 11.3 Å². The summed E-state index contributed by atoms with van der Waals surface area (Å²) in [5.41, 5.74) is 0.552. The van der Waals surface area contributed by atoms with Gasteiger partial charge in [0.2, 0.25) is 6.41 Å². The fraction of sp³-hybridized carbons (Fsp3) is 0.0769. The Morgan fingerprint density at radius 2 is 2.00 bits per heavy atom. The number of anilines is 1. The molecule has 2 rings (SSSR count). The maximum Gasteiger partial charge on any atom is 0.328 e. The van der Waals surface area contributed by atoms with Gasteiger partial charge in [-0.15, -0.1) is 11.3 Å². The van der Waals surface area contributed by atoms with Crippen molar-refractivity contribution >= 4 is 29.5 Å². The Morgan fingerprint density at radius 3 is 2.61 bits per heavy atom. The summed E-state index contributed by atoms with van der Waals surface area (Å²) in [6.45, 7) is 0.424. The van der Waals surface area contributed by atoms with Gasteiger partial charge in [-0.05, 0) is 23.6 Å². The topological polar surface area (TPSA) is 49.4 Å². The molecule has 4 nitrogen and oxygen atoms in total. The van der Waals surface area contributed by atoms with E-state index < -0.39 is 6.03 Å². The van der Waals surface area contributed by atoms with Gasteiger partial charge in [0.15, 0.2) is 0 Å². The van der Waals surface area contributed by atoms with Crippen molar-refractivity contribution in [3.05, 3.63) is 52.7 Å². The molecule has 1 N–H and O–H groups in total. The summed E-state index contributed by atoms with van der Waals surface area (Å²) in [6.07, 6.45) is 0.513. The van der Waals surface area contributed by atoms with E-state index in [1.165, 1.54) is 0 Å². The monoisotopic (exact) mass is 260 g/mol. The third kappa shape index (κ3) is 2.95. The lowest BCUT2D eigenvalue weighted by molar-refractivity contribution is -0.106. The number of thiophene rings is 1. The van der Waals surface area contributed by atoms with Gasteiger partial charge in [-0.1, -0.05) is 24.3 Å². The van der Waals surface area contributed by atoms with Gasteiger partial charge in [0.05, 0.1) is 12.2 Å². The van der Waals surface area contributed by atoms with E-state index in [0.29, 0.717) is 18.6 Å². The van der Waals surface area contributed by atoms with E-state index in [0.717, 1.165) is 9.78 Å². The van der Waals surface area contributed by atoms with Gasteiger partial charge >= 0.3 is 6.03 Å². The maximum atomic E-state index is 11.9. The third-order valence-electron chi connectivity index (χ3n) is 2.35. The summed E-state index contributed by atoms with van der Waals surface area (Å²) < 4.78 is 0. The normalized spacial score (nSPS) is 9.78. The molecule has 0 fully saturated rings. The van der Waals surface area contributed by atoms with E-state index in [1.54, 1.807) is 35.6 Å². The number of imide groups is 1. The number of carbonyl (C=O) groups excluding carboxylic acids is 2. The molecule has 1 heterocycles. The highest BCUT2D eigenvalue weighted by Crippen LogP contribution is 2.12. The number of carbonyl (C=O) groups is 2. The van der Waals surface area contributed by atoms with Crippen LogP contribution in [0.4, 0.5) is 10.5 Å². The second-order valence-corrected chi connectivity index (χ2v) is 4.58. The van der Waals surface area contributed by atoms with Crippen molar-refractivity contribution in [2.75, 3.05) is 4.90 Å². The minimum atomic E-state index is -0.426. The number of rotatable bonds is 4. The minimum Gasteiger partial charge on any atom is -0.332 e. The smallest absolute Gasteiger partial charge is 0.328 e. The van der Waals surface area contributed by atoms with Gasteiger partial charge in [-0.25, -0.2) is 9.69 Å². The van der Waals surface area contributed by atoms with Gasteiger partial charge in [-0.3, -0.25) is 4.79 Å². The summed E-state index contributed by atoms with van der Waals surface area (Å²) in [5.74, 6) is 0. The highest BCUT2D eigenvalue weighted by atomic mass is 32.1. The number of nitrogens with one attached hydrogen (secondary N) is 1. The van der Waals surface area contributed by atoms with Crippen LogP contribution in [0.15, 0.2) is 47.8 Å². The fourth-order valence-corrected chi connectivity index (χ4v) is 2.12. The van der Waals surface area contributed by atoms with Crippen LogP contribution in [0.1, 0.15) is 4.88 Å². The first-order valence-corrected chi connectivity index (χ1v) is 6.29. The quantitative estimate of drug-likeness (QED) is 0.859. The molecule has 0 saturated carbocycles. The molecular weight excluding hydrogens is 248 g/mol. The van der Waals surface area contributed by atoms with Crippen molar-refractivity contribution in [1.82, 2.24) is 5.32 Å². The number of urea groups is 1. The van der Waals surface area contributed by atoms with Gasteiger partial charge in [-0.2, -0.15) is 0 Å². The number of nitrogens with zero attached hydrogens (tertiary/aromatic N) is 1. The summed E-state index contributed by atoms with van der Waals surface area (Å²) in [4.78, 5) is 24.9. The summed E-state index contributed by atoms with van der Waals surface area (Å²) in [7, 11) is 0. The first kappa shape index (κ1) is 12.3. The predicted octanol–water partition coefficient (Wildman–Crippen LogP) is 2.62. The van der Waals surface area contributed by atoms with Gasteiger partial charge in [0.1, 0.15) is 0 Å². The molecule has 0 atom stereocenters. The predicted molar refractivity (Wildman–Crippen MR) is 71.5 cm³/mol. The molecule has 2 aromatic rings. The van der Waals surface area contributed by atoms with Crippen LogP contribution in [0.2, 0.25) is 0 Å². The highest BCUT2D eigenvalue weighted by molar-refractivity contribution is 7.09. The standard InChI is InChI=1S/C13H12N2O2S/c16-10-15(11-5-2-1-3-6-11)13(17)14-9-12-7-4-8-18-12/h1-8,10H,9H2,(H,14,17). The zero-order valence-electron chi connectivity index (χ0n) is 9.58. The lowest BCUT2D eigenvalue weighted by Gasteiger charge is -2.15. The average Bonchev–Trinajstić information content (AvgIpc) is 2.92. The largest absolute Gasteiger partial charge is 0.332 e. The van der Waals surface area contributed by atoms with Gasteiger partial charge in [0, 0.05) is 4.88 Å². The van der Waals surface area contributed by atoms with Crippen LogP contribution >= 0.6 is 11.3 Å². The molecule has 5 heteroatoms. The molecule has 3 amide bonds. The summed E-state index contributed by atoms with van der Waals surface area (Å²) in [5, 5.41) is 4.64. The van der Waals surface area contributed by atoms with Crippen molar-refractivity contribution in [2.45, 2.75) is 6.54 Å². The van der Waals surface area contributed by atoms with Crippen LogP contribution in [0.5, 0.6) is 0 Å². The van der Waals surface area contributed by atoms with E-state index >= 15 is 0 Å². The number of hydrogen-bond donors (Lipinski definition) is 1. The zero-order valence-corrected chi connectivity index (χ0v) is 10.4. The first-order valence-electron chi connectivity index (χ1n) is 5.41. The molecule has 18 heavy (non-hydrogen) atoms. The number of benzene rings is 1. The molecule has 0 radical (unpaired) electrons. The molecule has 0 aliphatic carbocycles. The van der Waals surface area contributed by atoms with E-state index in [9.17, 15) is 9.59 Å². The molecule has 0 aliphatic rings. The summed E-state index contributed by atoms with van der Waals surface area (Å²) in [6, 6.07) is 12.2. The zero-order chi connectivity index (χ0) is 12.8.